The van der Waals surface area contributed by atoms with Crippen molar-refractivity contribution in [2.24, 2.45) is 4.99 Å². The number of aliphatic imine (C=N–C) groups is 1. The first-order valence-corrected chi connectivity index (χ1v) is 12.8. The summed E-state index contributed by atoms with van der Waals surface area (Å²) in [6, 6.07) is 2.93. The molecule has 33 heavy (non-hydrogen) atoms. The molecule has 2 fully saturated rings. The number of benzene rings is 1. The van der Waals surface area contributed by atoms with E-state index in [0.717, 1.165) is 18.7 Å². The zero-order valence-corrected chi connectivity index (χ0v) is 20.2. The van der Waals surface area contributed by atoms with Crippen molar-refractivity contribution in [2.45, 2.75) is 37.8 Å². The van der Waals surface area contributed by atoms with Crippen LogP contribution in [0.15, 0.2) is 29.0 Å². The molecule has 3 N–H and O–H groups in total. The van der Waals surface area contributed by atoms with Gasteiger partial charge in [-0.25, -0.2) is 12.8 Å². The molecule has 1 aliphatic carbocycles. The van der Waals surface area contributed by atoms with E-state index in [0.29, 0.717) is 37.4 Å². The third kappa shape index (κ3) is 4.84. The van der Waals surface area contributed by atoms with E-state index in [2.05, 4.69) is 15.6 Å². The number of nitrogens with zero attached hydrogens (tertiary/aromatic N) is 3. The average molecular weight is 479 g/mol. The summed E-state index contributed by atoms with van der Waals surface area (Å²) in [5.74, 6) is 0.430. The van der Waals surface area contributed by atoms with E-state index in [4.69, 9.17) is 10.1 Å². The van der Waals surface area contributed by atoms with Gasteiger partial charge < -0.3 is 25.7 Å². The first-order chi connectivity index (χ1) is 15.4. The van der Waals surface area contributed by atoms with Crippen LogP contribution in [-0.2, 0) is 10.0 Å². The number of halogens is 1. The number of hydrogen-bond donors (Lipinski definition) is 3. The summed E-state index contributed by atoms with van der Waals surface area (Å²) in [4.78, 5) is 6.57. The monoisotopic (exact) mass is 478 g/mol. The predicted molar refractivity (Wildman–Crippen MR) is 127 cm³/mol. The normalized spacial score (nSPS) is 24.6. The maximum atomic E-state index is 14.7. The lowest BCUT2D eigenvalue weighted by Gasteiger charge is -2.38. The second-order valence-corrected chi connectivity index (χ2v) is 11.2. The number of anilines is 1. The Bertz CT molecular complexity index is 1120. The lowest BCUT2D eigenvalue weighted by molar-refractivity contribution is 0.191. The van der Waals surface area contributed by atoms with Gasteiger partial charge >= 0.3 is 0 Å². The maximum absolute atomic E-state index is 14.7. The van der Waals surface area contributed by atoms with Gasteiger partial charge in [0.25, 0.3) is 0 Å². The van der Waals surface area contributed by atoms with Crippen LogP contribution in [-0.4, -0.2) is 80.3 Å². The molecule has 1 unspecified atom stereocenters. The van der Waals surface area contributed by atoms with Crippen molar-refractivity contribution in [3.63, 3.8) is 0 Å². The minimum absolute atomic E-state index is 0.136. The third-order valence-electron chi connectivity index (χ3n) is 6.44. The molecule has 0 radical (unpaired) electrons. The summed E-state index contributed by atoms with van der Waals surface area (Å²) in [5.41, 5.74) is -0.157. The molecule has 11 heteroatoms. The van der Waals surface area contributed by atoms with Crippen LogP contribution >= 0.6 is 0 Å². The van der Waals surface area contributed by atoms with Gasteiger partial charge in [-0.2, -0.15) is 4.31 Å². The van der Waals surface area contributed by atoms with Crippen LogP contribution in [0.25, 0.3) is 0 Å². The first kappa shape index (κ1) is 23.5. The summed E-state index contributed by atoms with van der Waals surface area (Å²) >= 11 is 0. The van der Waals surface area contributed by atoms with Crippen molar-refractivity contribution >= 4 is 27.8 Å². The highest BCUT2D eigenvalue weighted by molar-refractivity contribution is 7.88. The fourth-order valence-corrected chi connectivity index (χ4v) is 4.85. The summed E-state index contributed by atoms with van der Waals surface area (Å²) < 4.78 is 45.6. The molecule has 1 atom stereocenters. The fourth-order valence-electron chi connectivity index (χ4n) is 4.02. The zero-order chi connectivity index (χ0) is 24.0. The molecule has 0 spiro atoms. The van der Waals surface area contributed by atoms with Gasteiger partial charge in [0.2, 0.25) is 10.0 Å². The highest BCUT2D eigenvalue weighted by atomic mass is 32.2. The number of hydrogen-bond acceptors (Lipinski definition) is 8. The van der Waals surface area contributed by atoms with Crippen molar-refractivity contribution in [2.75, 3.05) is 44.8 Å². The Morgan fingerprint density at radius 3 is 2.48 bits per heavy atom. The van der Waals surface area contributed by atoms with Crippen LogP contribution in [0.2, 0.25) is 0 Å². The summed E-state index contributed by atoms with van der Waals surface area (Å²) in [7, 11) is -1.53. The number of piperazine rings is 1. The van der Waals surface area contributed by atoms with Crippen molar-refractivity contribution in [1.29, 1.82) is 5.41 Å². The molecule has 2 heterocycles. The Balaban J connectivity index is 1.59. The molecule has 9 nitrogen and oxygen atoms in total. The van der Waals surface area contributed by atoms with E-state index in [1.165, 1.54) is 16.6 Å². The van der Waals surface area contributed by atoms with E-state index in [1.54, 1.807) is 19.5 Å². The van der Waals surface area contributed by atoms with Crippen LogP contribution in [0.5, 0.6) is 5.75 Å². The van der Waals surface area contributed by atoms with Crippen LogP contribution in [0.4, 0.5) is 10.1 Å². The molecule has 1 saturated heterocycles. The molecule has 0 amide bonds. The van der Waals surface area contributed by atoms with Crippen molar-refractivity contribution in [1.82, 2.24) is 14.5 Å². The average Bonchev–Trinajstić information content (AvgIpc) is 3.50. The van der Waals surface area contributed by atoms with Gasteiger partial charge in [-0.15, -0.1) is 0 Å². The largest absolute Gasteiger partial charge is 0.484 e. The Morgan fingerprint density at radius 1 is 1.24 bits per heavy atom. The Labute approximate surface area is 194 Å². The van der Waals surface area contributed by atoms with E-state index in [-0.39, 0.29) is 17.1 Å². The molecule has 0 aromatic heterocycles. The number of sulfonamides is 1. The van der Waals surface area contributed by atoms with Gasteiger partial charge in [-0.1, -0.05) is 0 Å². The minimum Gasteiger partial charge on any atom is -0.484 e. The Morgan fingerprint density at radius 2 is 1.91 bits per heavy atom. The molecular formula is C22H31FN6O3S. The second kappa shape index (κ2) is 8.28. The first-order valence-electron chi connectivity index (χ1n) is 11.0. The summed E-state index contributed by atoms with van der Waals surface area (Å²) in [6.45, 7) is 5.61. The van der Waals surface area contributed by atoms with Gasteiger partial charge in [-0.05, 0) is 38.8 Å². The van der Waals surface area contributed by atoms with Crippen molar-refractivity contribution < 1.29 is 17.5 Å². The second-order valence-electron chi connectivity index (χ2n) is 9.23. The van der Waals surface area contributed by atoms with Gasteiger partial charge in [0.1, 0.15) is 17.0 Å². The Hall–Kier alpha value is -2.66. The van der Waals surface area contributed by atoms with E-state index in [9.17, 15) is 12.8 Å². The summed E-state index contributed by atoms with van der Waals surface area (Å²) in [6.07, 6.45) is 6.38. The van der Waals surface area contributed by atoms with E-state index < -0.39 is 21.4 Å². The Kier molecular flexibility index (Phi) is 5.90. The van der Waals surface area contributed by atoms with E-state index in [1.807, 2.05) is 24.8 Å². The lowest BCUT2D eigenvalue weighted by Crippen LogP contribution is -2.51. The lowest BCUT2D eigenvalue weighted by atomic mass is 9.88. The van der Waals surface area contributed by atoms with Gasteiger partial charge in [0.15, 0.2) is 11.6 Å². The number of ether oxygens (including phenoxy) is 1. The summed E-state index contributed by atoms with van der Waals surface area (Å²) in [5, 5.41) is 15.1. The predicted octanol–water partition coefficient (Wildman–Crippen LogP) is 1.98. The fraction of sp³-hybridized carbons (Fsp3) is 0.545. The molecule has 4 rings (SSSR count). The minimum atomic E-state index is -3.22. The van der Waals surface area contributed by atoms with Gasteiger partial charge in [-0.3, -0.25) is 4.99 Å². The van der Waals surface area contributed by atoms with Crippen molar-refractivity contribution in [3.8, 4) is 5.75 Å². The zero-order valence-electron chi connectivity index (χ0n) is 19.4. The molecule has 180 valence electrons. The van der Waals surface area contributed by atoms with Gasteiger partial charge in [0.05, 0.1) is 18.3 Å². The highest BCUT2D eigenvalue weighted by Gasteiger charge is 2.41. The van der Waals surface area contributed by atoms with Crippen LogP contribution in [0.3, 0.4) is 0 Å². The van der Waals surface area contributed by atoms with Crippen molar-refractivity contribution in [3.05, 3.63) is 35.4 Å². The molecule has 2 aliphatic heterocycles. The topological polar surface area (TPSA) is 110 Å². The molecule has 0 bridgehead atoms. The molecule has 1 aromatic rings. The van der Waals surface area contributed by atoms with Crippen LogP contribution < -0.4 is 15.4 Å². The maximum Gasteiger partial charge on any atom is 0.211 e. The molecular weight excluding hydrogens is 447 g/mol. The van der Waals surface area contributed by atoms with Crippen LogP contribution in [0.1, 0.15) is 32.3 Å². The highest BCUT2D eigenvalue weighted by Crippen LogP contribution is 2.41. The standard InChI is InChI=1S/C22H31FN6O3S/c1-21(5-6-21)32-18-11-15(17(25-3)12-16(18)23)20(24)22(2)13-19(26-14-27-22)28-7-9-29(10-8-28)33(4,30)31/h11-14,24-25H,5-10H2,1-4H3,(H,26,27). The van der Waals surface area contributed by atoms with Gasteiger partial charge in [0, 0.05) is 50.5 Å². The SMILES string of the molecule is CNc1cc(F)c(OC2(C)CC2)cc1C(=N)C1(C)C=C(N2CCN(S(C)(=O)=O)CC2)NC=N1. The van der Waals surface area contributed by atoms with Crippen LogP contribution in [0, 0.1) is 11.2 Å². The molecule has 3 aliphatic rings. The third-order valence-corrected chi connectivity index (χ3v) is 7.74. The number of rotatable bonds is 7. The van der Waals surface area contributed by atoms with E-state index >= 15 is 0 Å². The smallest absolute Gasteiger partial charge is 0.211 e. The number of nitrogens with one attached hydrogen (secondary N) is 3. The quantitative estimate of drug-likeness (QED) is 0.517. The molecule has 1 saturated carbocycles. The molecule has 1 aromatic carbocycles.